The van der Waals surface area contributed by atoms with E-state index in [9.17, 15) is 4.39 Å². The molecule has 2 heteroatoms. The Labute approximate surface area is 64.8 Å². The quantitative estimate of drug-likeness (QED) is 0.599. The van der Waals surface area contributed by atoms with Crippen molar-refractivity contribution in [3.05, 3.63) is 35.6 Å². The minimum Gasteiger partial charge on any atom is -0.373 e. The maximum absolute atomic E-state index is 13.0. The van der Waals surface area contributed by atoms with Crippen LogP contribution in [0.4, 0.5) is 4.39 Å². The summed E-state index contributed by atoms with van der Waals surface area (Å²) in [6.07, 6.45) is 0.956. The van der Waals surface area contributed by atoms with Crippen LogP contribution in [0, 0.1) is 5.82 Å². The molecular weight excluding hydrogens is 143 g/mol. The highest BCUT2D eigenvalue weighted by Gasteiger charge is 2.22. The van der Waals surface area contributed by atoms with E-state index >= 15 is 0 Å². The number of benzene rings is 1. The first-order valence-corrected chi connectivity index (χ1v) is 3.74. The highest BCUT2D eigenvalue weighted by atomic mass is 19.1. The summed E-state index contributed by atoms with van der Waals surface area (Å²) in [5, 5.41) is 0. The van der Waals surface area contributed by atoms with Gasteiger partial charge in [0.2, 0.25) is 0 Å². The lowest BCUT2D eigenvalue weighted by molar-refractivity contribution is -0.0545. The Bertz CT molecular complexity index is 255. The van der Waals surface area contributed by atoms with Gasteiger partial charge in [-0.3, -0.25) is 0 Å². The van der Waals surface area contributed by atoms with Crippen molar-refractivity contribution in [2.24, 2.45) is 0 Å². The van der Waals surface area contributed by atoms with Gasteiger partial charge in [-0.1, -0.05) is 18.2 Å². The topological polar surface area (TPSA) is 9.23 Å². The third-order valence-corrected chi connectivity index (χ3v) is 1.95. The van der Waals surface area contributed by atoms with E-state index < -0.39 is 0 Å². The normalized spacial score (nSPS) is 22.8. The van der Waals surface area contributed by atoms with Gasteiger partial charge < -0.3 is 4.74 Å². The molecule has 0 spiro atoms. The third-order valence-electron chi connectivity index (χ3n) is 1.95. The van der Waals surface area contributed by atoms with E-state index in [4.69, 9.17) is 4.74 Å². The van der Waals surface area contributed by atoms with Crippen LogP contribution in [0.2, 0.25) is 0 Å². The molecule has 0 aliphatic carbocycles. The Balaban J connectivity index is 2.28. The molecule has 1 aliphatic rings. The van der Waals surface area contributed by atoms with Crippen LogP contribution < -0.4 is 0 Å². The first-order valence-electron chi connectivity index (χ1n) is 3.74. The zero-order chi connectivity index (χ0) is 7.68. The molecule has 0 radical (unpaired) electrons. The van der Waals surface area contributed by atoms with Gasteiger partial charge in [-0.05, 0) is 6.07 Å². The number of hydrogen-bond donors (Lipinski definition) is 0. The van der Waals surface area contributed by atoms with Crippen LogP contribution in [0.5, 0.6) is 0 Å². The molecule has 0 saturated carbocycles. The van der Waals surface area contributed by atoms with E-state index in [1.54, 1.807) is 12.1 Å². The van der Waals surface area contributed by atoms with Gasteiger partial charge in [0, 0.05) is 12.0 Å². The van der Waals surface area contributed by atoms with E-state index in [1.165, 1.54) is 6.07 Å². The molecular formula is C9H9FO. The summed E-state index contributed by atoms with van der Waals surface area (Å²) in [7, 11) is 0. The monoisotopic (exact) mass is 152 g/mol. The van der Waals surface area contributed by atoms with Gasteiger partial charge in [-0.2, -0.15) is 0 Å². The molecule has 1 fully saturated rings. The first kappa shape index (κ1) is 6.80. The van der Waals surface area contributed by atoms with Gasteiger partial charge >= 0.3 is 0 Å². The fourth-order valence-electron chi connectivity index (χ4n) is 1.22. The van der Waals surface area contributed by atoms with Crippen molar-refractivity contribution in [3.8, 4) is 0 Å². The Morgan fingerprint density at radius 2 is 2.09 bits per heavy atom. The molecule has 0 N–H and O–H groups in total. The van der Waals surface area contributed by atoms with Crippen molar-refractivity contribution in [2.45, 2.75) is 12.5 Å². The van der Waals surface area contributed by atoms with Gasteiger partial charge in [-0.15, -0.1) is 0 Å². The molecule has 0 unspecified atom stereocenters. The summed E-state index contributed by atoms with van der Waals surface area (Å²) in [5.41, 5.74) is 0.693. The van der Waals surface area contributed by atoms with E-state index in [0.717, 1.165) is 13.0 Å². The number of halogens is 1. The van der Waals surface area contributed by atoms with Crippen molar-refractivity contribution in [3.63, 3.8) is 0 Å². The molecule has 1 aromatic rings. The van der Waals surface area contributed by atoms with Crippen molar-refractivity contribution in [1.82, 2.24) is 0 Å². The van der Waals surface area contributed by atoms with Gasteiger partial charge in [-0.25, -0.2) is 4.39 Å². The number of ether oxygens (including phenoxy) is 1. The van der Waals surface area contributed by atoms with E-state index in [0.29, 0.717) is 5.56 Å². The molecule has 1 aromatic carbocycles. The molecule has 11 heavy (non-hydrogen) atoms. The van der Waals surface area contributed by atoms with Crippen LogP contribution in [-0.4, -0.2) is 6.61 Å². The Hall–Kier alpha value is -0.890. The molecule has 1 aliphatic heterocycles. The molecule has 2 rings (SSSR count). The molecule has 0 amide bonds. The molecule has 0 aromatic heterocycles. The summed E-state index contributed by atoms with van der Waals surface area (Å²) in [6.45, 7) is 0.763. The summed E-state index contributed by atoms with van der Waals surface area (Å²) in [6, 6.07) is 6.77. The van der Waals surface area contributed by atoms with Crippen LogP contribution in [-0.2, 0) is 4.74 Å². The third kappa shape index (κ3) is 1.14. The fraction of sp³-hybridized carbons (Fsp3) is 0.333. The van der Waals surface area contributed by atoms with Crippen molar-refractivity contribution in [1.29, 1.82) is 0 Å². The van der Waals surface area contributed by atoms with Crippen molar-refractivity contribution >= 4 is 0 Å². The number of hydrogen-bond acceptors (Lipinski definition) is 1. The predicted octanol–water partition coefficient (Wildman–Crippen LogP) is 2.29. The minimum absolute atomic E-state index is 0.0104. The molecule has 58 valence electrons. The van der Waals surface area contributed by atoms with Crippen LogP contribution in [0.15, 0.2) is 24.3 Å². The highest BCUT2D eigenvalue weighted by molar-refractivity contribution is 5.20. The maximum Gasteiger partial charge on any atom is 0.129 e. The van der Waals surface area contributed by atoms with Crippen molar-refractivity contribution < 1.29 is 9.13 Å². The minimum atomic E-state index is -0.155. The average molecular weight is 152 g/mol. The largest absolute Gasteiger partial charge is 0.373 e. The standard InChI is InChI=1S/C9H9FO/c10-8-4-2-1-3-7(8)9-5-6-11-9/h1-4,9H,5-6H2/t9-/m1/s1. The first-order chi connectivity index (χ1) is 5.38. The zero-order valence-corrected chi connectivity index (χ0v) is 6.09. The second-order valence-corrected chi connectivity index (χ2v) is 2.67. The van der Waals surface area contributed by atoms with Gasteiger partial charge in [0.1, 0.15) is 5.82 Å². The van der Waals surface area contributed by atoms with Crippen LogP contribution >= 0.6 is 0 Å². The summed E-state index contributed by atoms with van der Waals surface area (Å²) in [5.74, 6) is -0.155. The lowest BCUT2D eigenvalue weighted by Gasteiger charge is -2.26. The molecule has 1 heterocycles. The van der Waals surface area contributed by atoms with Crippen LogP contribution in [0.3, 0.4) is 0 Å². The van der Waals surface area contributed by atoms with E-state index in [-0.39, 0.29) is 11.9 Å². The van der Waals surface area contributed by atoms with Crippen LogP contribution in [0.1, 0.15) is 18.1 Å². The second kappa shape index (κ2) is 2.62. The van der Waals surface area contributed by atoms with E-state index in [1.807, 2.05) is 6.07 Å². The summed E-state index contributed by atoms with van der Waals surface area (Å²) < 4.78 is 18.1. The average Bonchev–Trinajstić information content (AvgIpc) is 1.90. The SMILES string of the molecule is Fc1ccccc1[C@H]1CCO1. The van der Waals surface area contributed by atoms with Crippen LogP contribution in [0.25, 0.3) is 0 Å². The van der Waals surface area contributed by atoms with E-state index in [2.05, 4.69) is 0 Å². The molecule has 1 nitrogen and oxygen atoms in total. The lowest BCUT2D eigenvalue weighted by Crippen LogP contribution is -2.19. The molecule has 1 saturated heterocycles. The molecule has 1 atom stereocenters. The Morgan fingerprint density at radius 1 is 1.36 bits per heavy atom. The predicted molar refractivity (Wildman–Crippen MR) is 39.7 cm³/mol. The lowest BCUT2D eigenvalue weighted by atomic mass is 10.0. The van der Waals surface area contributed by atoms with Crippen molar-refractivity contribution in [2.75, 3.05) is 6.61 Å². The van der Waals surface area contributed by atoms with Gasteiger partial charge in [0.25, 0.3) is 0 Å². The smallest absolute Gasteiger partial charge is 0.129 e. The number of rotatable bonds is 1. The maximum atomic E-state index is 13.0. The Morgan fingerprint density at radius 3 is 2.64 bits per heavy atom. The van der Waals surface area contributed by atoms with Gasteiger partial charge in [0.15, 0.2) is 0 Å². The Kier molecular flexibility index (Phi) is 1.62. The van der Waals surface area contributed by atoms with Gasteiger partial charge in [0.05, 0.1) is 12.7 Å². The second-order valence-electron chi connectivity index (χ2n) is 2.67. The molecule has 0 bridgehead atoms. The highest BCUT2D eigenvalue weighted by Crippen LogP contribution is 2.30. The summed E-state index contributed by atoms with van der Waals surface area (Å²) in [4.78, 5) is 0. The zero-order valence-electron chi connectivity index (χ0n) is 6.09. The fourth-order valence-corrected chi connectivity index (χ4v) is 1.22. The summed E-state index contributed by atoms with van der Waals surface area (Å²) >= 11 is 0.